The molecule has 176 valence electrons. The average molecular weight is 496 g/mol. The quantitative estimate of drug-likeness (QED) is 0.161. The van der Waals surface area contributed by atoms with Crippen LogP contribution >= 0.6 is 23.1 Å². The number of ether oxygens (including phenoxy) is 2. The molecule has 1 amide bonds. The van der Waals surface area contributed by atoms with E-state index in [-0.39, 0.29) is 5.91 Å². The molecule has 0 unspecified atom stereocenters. The first-order chi connectivity index (χ1) is 16.5. The number of rotatable bonds is 9. The van der Waals surface area contributed by atoms with Crippen LogP contribution in [-0.2, 0) is 4.79 Å². The molecular formula is C25H25N3O4S2. The molecule has 0 aliphatic heterocycles. The second-order valence-corrected chi connectivity index (χ2v) is 9.77. The summed E-state index contributed by atoms with van der Waals surface area (Å²) < 4.78 is 17.8. The summed E-state index contributed by atoms with van der Waals surface area (Å²) in [4.78, 5) is 12.7. The van der Waals surface area contributed by atoms with Crippen molar-refractivity contribution in [3.63, 3.8) is 0 Å². The number of hydrogen-bond donors (Lipinski definition) is 1. The molecule has 34 heavy (non-hydrogen) atoms. The molecular weight excluding hydrogens is 470 g/mol. The summed E-state index contributed by atoms with van der Waals surface area (Å²) in [5.74, 6) is 2.07. The maximum Gasteiger partial charge on any atom is 0.250 e. The number of methoxy groups -OCH3 is 1. The number of carbonyl (C=O) groups excluding carboxylic acids is 1. The van der Waals surface area contributed by atoms with Gasteiger partial charge in [-0.15, -0.1) is 10.2 Å². The molecule has 0 saturated carbocycles. The zero-order valence-corrected chi connectivity index (χ0v) is 21.0. The Morgan fingerprint density at radius 2 is 2.00 bits per heavy atom. The molecule has 9 heteroatoms. The molecule has 2 heterocycles. The molecule has 1 N–H and O–H groups in total. The van der Waals surface area contributed by atoms with Crippen LogP contribution in [0.25, 0.3) is 27.7 Å². The van der Waals surface area contributed by atoms with E-state index in [1.165, 1.54) is 11.3 Å². The van der Waals surface area contributed by atoms with Gasteiger partial charge in [0.15, 0.2) is 4.34 Å². The Morgan fingerprint density at radius 3 is 2.71 bits per heavy atom. The fourth-order valence-electron chi connectivity index (χ4n) is 3.49. The number of anilines is 1. The maximum absolute atomic E-state index is 12.7. The average Bonchev–Trinajstić information content (AvgIpc) is 3.45. The first kappa shape index (κ1) is 23.8. The van der Waals surface area contributed by atoms with Gasteiger partial charge in [0.2, 0.25) is 11.0 Å². The zero-order chi connectivity index (χ0) is 24.1. The lowest BCUT2D eigenvalue weighted by Crippen LogP contribution is -2.08. The van der Waals surface area contributed by atoms with Gasteiger partial charge in [0.05, 0.1) is 20.0 Å². The number of nitrogens with one attached hydrogen (secondary N) is 1. The Hall–Kier alpha value is -3.30. The van der Waals surface area contributed by atoms with Gasteiger partial charge in [0.25, 0.3) is 0 Å². The Labute approximate surface area is 206 Å². The smallest absolute Gasteiger partial charge is 0.250 e. The van der Waals surface area contributed by atoms with E-state index in [1.54, 1.807) is 31.2 Å². The van der Waals surface area contributed by atoms with Crippen LogP contribution in [0, 0.1) is 0 Å². The van der Waals surface area contributed by atoms with Crippen molar-refractivity contribution in [3.05, 3.63) is 54.3 Å². The van der Waals surface area contributed by atoms with Crippen molar-refractivity contribution in [1.82, 2.24) is 10.2 Å². The summed E-state index contributed by atoms with van der Waals surface area (Å²) in [6, 6.07) is 11.7. The minimum atomic E-state index is -0.271. The van der Waals surface area contributed by atoms with Gasteiger partial charge >= 0.3 is 0 Å². The molecule has 0 saturated heterocycles. The Morgan fingerprint density at radius 1 is 1.21 bits per heavy atom. The third kappa shape index (κ3) is 5.26. The number of furan rings is 1. The fraction of sp³-hybridized carbons (Fsp3) is 0.240. The van der Waals surface area contributed by atoms with E-state index >= 15 is 0 Å². The Kier molecular flexibility index (Phi) is 7.54. The SMILES string of the molecule is CCOc1cc2occ(-c3ccc(OC)cc3)c2cc1/C(C)=C/C(=O)Nc1nnc(SCC)s1. The fourth-order valence-corrected chi connectivity index (χ4v) is 5.14. The number of nitrogens with zero attached hydrogens (tertiary/aromatic N) is 2. The maximum atomic E-state index is 12.7. The summed E-state index contributed by atoms with van der Waals surface area (Å²) in [6.07, 6.45) is 3.28. The predicted molar refractivity (Wildman–Crippen MR) is 138 cm³/mol. The van der Waals surface area contributed by atoms with Gasteiger partial charge in [0, 0.05) is 28.7 Å². The lowest BCUT2D eigenvalue weighted by molar-refractivity contribution is -0.111. The molecule has 0 radical (unpaired) electrons. The molecule has 4 aromatic rings. The first-order valence-corrected chi connectivity index (χ1v) is 12.6. The summed E-state index contributed by atoms with van der Waals surface area (Å²) in [5.41, 5.74) is 4.25. The van der Waals surface area contributed by atoms with Gasteiger partial charge in [0.1, 0.15) is 17.1 Å². The molecule has 0 aliphatic rings. The van der Waals surface area contributed by atoms with E-state index in [9.17, 15) is 4.79 Å². The predicted octanol–water partition coefficient (Wildman–Crippen LogP) is 6.51. The summed E-state index contributed by atoms with van der Waals surface area (Å²) in [5, 5.41) is 12.3. The number of amides is 1. The lowest BCUT2D eigenvalue weighted by Gasteiger charge is -2.11. The van der Waals surface area contributed by atoms with Gasteiger partial charge in [-0.1, -0.05) is 42.2 Å². The van der Waals surface area contributed by atoms with Crippen LogP contribution in [-0.4, -0.2) is 35.6 Å². The standard InChI is InChI=1S/C25H25N3O4S2/c1-5-31-21-13-22-19(20(14-32-22)16-7-9-17(30-4)10-8-16)12-18(21)15(3)11-23(29)26-24-27-28-25(34-24)33-6-2/h7-14H,5-6H2,1-4H3,(H,26,27,29)/b15-11+. The van der Waals surface area contributed by atoms with Gasteiger partial charge in [-0.05, 0) is 48.9 Å². The highest BCUT2D eigenvalue weighted by atomic mass is 32.2. The molecule has 4 rings (SSSR count). The number of allylic oxidation sites excluding steroid dienone is 1. The van der Waals surface area contributed by atoms with Crippen molar-refractivity contribution in [2.24, 2.45) is 0 Å². The van der Waals surface area contributed by atoms with Crippen LogP contribution in [0.4, 0.5) is 5.13 Å². The van der Waals surface area contributed by atoms with Crippen LogP contribution in [0.5, 0.6) is 11.5 Å². The van der Waals surface area contributed by atoms with Crippen molar-refractivity contribution in [2.45, 2.75) is 25.1 Å². The van der Waals surface area contributed by atoms with Gasteiger partial charge in [-0.25, -0.2) is 0 Å². The van der Waals surface area contributed by atoms with E-state index in [0.29, 0.717) is 23.1 Å². The second-order valence-electron chi connectivity index (χ2n) is 7.28. The van der Waals surface area contributed by atoms with E-state index in [0.717, 1.165) is 43.5 Å². The van der Waals surface area contributed by atoms with Crippen LogP contribution in [0.3, 0.4) is 0 Å². The third-order valence-corrected chi connectivity index (χ3v) is 6.91. The highest BCUT2D eigenvalue weighted by Crippen LogP contribution is 2.38. The monoisotopic (exact) mass is 495 g/mol. The number of aromatic nitrogens is 2. The minimum absolute atomic E-state index is 0.271. The topological polar surface area (TPSA) is 86.5 Å². The van der Waals surface area contributed by atoms with E-state index in [1.807, 2.05) is 57.2 Å². The van der Waals surface area contributed by atoms with Crippen LogP contribution in [0.15, 0.2) is 57.5 Å². The molecule has 0 bridgehead atoms. The van der Waals surface area contributed by atoms with Crippen molar-refractivity contribution in [3.8, 4) is 22.6 Å². The summed E-state index contributed by atoms with van der Waals surface area (Å²) in [7, 11) is 1.64. The summed E-state index contributed by atoms with van der Waals surface area (Å²) in [6.45, 7) is 6.34. The number of fused-ring (bicyclic) bond motifs is 1. The number of carbonyl (C=O) groups is 1. The zero-order valence-electron chi connectivity index (χ0n) is 19.4. The normalized spacial score (nSPS) is 11.6. The third-order valence-electron chi connectivity index (χ3n) is 5.05. The second kappa shape index (κ2) is 10.8. The molecule has 0 fully saturated rings. The highest BCUT2D eigenvalue weighted by molar-refractivity contribution is 8.01. The molecule has 2 aromatic heterocycles. The van der Waals surface area contributed by atoms with Crippen LogP contribution in [0.2, 0.25) is 0 Å². The van der Waals surface area contributed by atoms with Crippen molar-refractivity contribution in [2.75, 3.05) is 24.8 Å². The van der Waals surface area contributed by atoms with Crippen molar-refractivity contribution >= 4 is 50.7 Å². The van der Waals surface area contributed by atoms with Crippen LogP contribution in [0.1, 0.15) is 26.3 Å². The number of hydrogen-bond acceptors (Lipinski definition) is 8. The molecule has 7 nitrogen and oxygen atoms in total. The van der Waals surface area contributed by atoms with Crippen LogP contribution < -0.4 is 14.8 Å². The van der Waals surface area contributed by atoms with Gasteiger partial charge < -0.3 is 13.9 Å². The molecule has 0 aliphatic carbocycles. The van der Waals surface area contributed by atoms with Crippen molar-refractivity contribution < 1.29 is 18.7 Å². The van der Waals surface area contributed by atoms with Gasteiger partial charge in [-0.2, -0.15) is 0 Å². The van der Waals surface area contributed by atoms with Crippen molar-refractivity contribution in [1.29, 1.82) is 0 Å². The minimum Gasteiger partial charge on any atom is -0.497 e. The Balaban J connectivity index is 1.67. The number of benzene rings is 2. The van der Waals surface area contributed by atoms with E-state index < -0.39 is 0 Å². The largest absolute Gasteiger partial charge is 0.497 e. The molecule has 0 spiro atoms. The summed E-state index contributed by atoms with van der Waals surface area (Å²) >= 11 is 2.95. The van der Waals surface area contributed by atoms with E-state index in [4.69, 9.17) is 13.9 Å². The van der Waals surface area contributed by atoms with E-state index in [2.05, 4.69) is 15.5 Å². The molecule has 2 aromatic carbocycles. The van der Waals surface area contributed by atoms with Gasteiger partial charge in [-0.3, -0.25) is 10.1 Å². The molecule has 0 atom stereocenters. The highest BCUT2D eigenvalue weighted by Gasteiger charge is 2.16. The Bertz CT molecular complexity index is 1330. The lowest BCUT2D eigenvalue weighted by atomic mass is 9.99. The number of thioether (sulfide) groups is 1. The first-order valence-electron chi connectivity index (χ1n) is 10.8.